The number of carbonyl (C=O) groups is 1. The summed E-state index contributed by atoms with van der Waals surface area (Å²) in [7, 11) is 0. The van der Waals surface area contributed by atoms with E-state index in [0.717, 1.165) is 25.3 Å². The molecular formula is C11H19NO2. The van der Waals surface area contributed by atoms with Crippen LogP contribution in [0, 0.1) is 5.92 Å². The second kappa shape index (κ2) is 3.89. The molecule has 1 aliphatic heterocycles. The molecular weight excluding hydrogens is 178 g/mol. The minimum absolute atomic E-state index is 0.209. The van der Waals surface area contributed by atoms with Crippen molar-refractivity contribution in [3.05, 3.63) is 0 Å². The van der Waals surface area contributed by atoms with Crippen molar-refractivity contribution in [3.63, 3.8) is 0 Å². The Balaban J connectivity index is 2.01. The van der Waals surface area contributed by atoms with E-state index in [2.05, 4.69) is 11.8 Å². The SMILES string of the molecule is CC(C1CC1)N1CCCCC1C(=O)O. The van der Waals surface area contributed by atoms with Gasteiger partial charge in [0.25, 0.3) is 0 Å². The Morgan fingerprint density at radius 2 is 2.07 bits per heavy atom. The fourth-order valence-electron chi connectivity index (χ4n) is 2.56. The molecule has 1 aliphatic carbocycles. The standard InChI is InChI=1S/C11H19NO2/c1-8(9-5-6-9)12-7-3-2-4-10(12)11(13)14/h8-10H,2-7H2,1H3,(H,13,14). The predicted molar refractivity (Wildman–Crippen MR) is 54.2 cm³/mol. The topological polar surface area (TPSA) is 40.5 Å². The van der Waals surface area contributed by atoms with E-state index < -0.39 is 5.97 Å². The number of hydrogen-bond donors (Lipinski definition) is 1. The fourth-order valence-corrected chi connectivity index (χ4v) is 2.56. The summed E-state index contributed by atoms with van der Waals surface area (Å²) >= 11 is 0. The zero-order chi connectivity index (χ0) is 10.1. The molecule has 14 heavy (non-hydrogen) atoms. The molecule has 0 aromatic rings. The van der Waals surface area contributed by atoms with E-state index in [4.69, 9.17) is 5.11 Å². The van der Waals surface area contributed by atoms with E-state index in [1.54, 1.807) is 0 Å². The molecule has 2 unspecified atom stereocenters. The number of carboxylic acids is 1. The Morgan fingerprint density at radius 1 is 1.36 bits per heavy atom. The highest BCUT2D eigenvalue weighted by atomic mass is 16.4. The van der Waals surface area contributed by atoms with Gasteiger partial charge in [-0.25, -0.2) is 0 Å². The summed E-state index contributed by atoms with van der Waals surface area (Å²) in [6, 6.07) is 0.274. The van der Waals surface area contributed by atoms with Crippen LogP contribution in [0.25, 0.3) is 0 Å². The lowest BCUT2D eigenvalue weighted by Crippen LogP contribution is -2.49. The molecule has 3 nitrogen and oxygen atoms in total. The van der Waals surface area contributed by atoms with E-state index in [0.29, 0.717) is 6.04 Å². The molecule has 0 amide bonds. The second-order valence-corrected chi connectivity index (χ2v) is 4.67. The van der Waals surface area contributed by atoms with Crippen LogP contribution >= 0.6 is 0 Å². The highest BCUT2D eigenvalue weighted by Crippen LogP contribution is 2.37. The van der Waals surface area contributed by atoms with E-state index >= 15 is 0 Å². The molecule has 2 fully saturated rings. The zero-order valence-electron chi connectivity index (χ0n) is 8.78. The van der Waals surface area contributed by atoms with Gasteiger partial charge in [-0.2, -0.15) is 0 Å². The van der Waals surface area contributed by atoms with Crippen LogP contribution in [0.1, 0.15) is 39.0 Å². The van der Waals surface area contributed by atoms with Gasteiger partial charge in [0.1, 0.15) is 6.04 Å². The molecule has 0 aromatic heterocycles. The van der Waals surface area contributed by atoms with Gasteiger partial charge in [0.15, 0.2) is 0 Å². The van der Waals surface area contributed by atoms with Gasteiger partial charge in [0.2, 0.25) is 0 Å². The van der Waals surface area contributed by atoms with E-state index in [1.165, 1.54) is 19.3 Å². The molecule has 2 aliphatic rings. The summed E-state index contributed by atoms with van der Waals surface area (Å²) in [5.74, 6) is 0.146. The first-order chi connectivity index (χ1) is 6.70. The Morgan fingerprint density at radius 3 is 2.64 bits per heavy atom. The van der Waals surface area contributed by atoms with Gasteiger partial charge < -0.3 is 5.11 Å². The van der Waals surface area contributed by atoms with E-state index in [9.17, 15) is 4.79 Å². The lowest BCUT2D eigenvalue weighted by molar-refractivity contribution is -0.145. The zero-order valence-corrected chi connectivity index (χ0v) is 8.78. The maximum atomic E-state index is 11.1. The maximum Gasteiger partial charge on any atom is 0.320 e. The van der Waals surface area contributed by atoms with Gasteiger partial charge in [0.05, 0.1) is 0 Å². The number of carboxylic acid groups (broad SMARTS) is 1. The van der Waals surface area contributed by atoms with Crippen molar-refractivity contribution in [1.29, 1.82) is 0 Å². The van der Waals surface area contributed by atoms with Crippen molar-refractivity contribution in [2.24, 2.45) is 5.92 Å². The number of likely N-dealkylation sites (tertiary alicyclic amines) is 1. The summed E-state index contributed by atoms with van der Waals surface area (Å²) in [6.07, 6.45) is 5.67. The highest BCUT2D eigenvalue weighted by Gasteiger charge is 2.38. The van der Waals surface area contributed by atoms with Gasteiger partial charge in [-0.05, 0) is 45.1 Å². The average Bonchev–Trinajstić information content (AvgIpc) is 3.00. The predicted octanol–water partition coefficient (Wildman–Crippen LogP) is 1.72. The summed E-state index contributed by atoms with van der Waals surface area (Å²) in [5, 5.41) is 9.12. The molecule has 3 heteroatoms. The minimum atomic E-state index is -0.628. The third-order valence-electron chi connectivity index (χ3n) is 3.66. The summed E-state index contributed by atoms with van der Waals surface area (Å²) in [6.45, 7) is 3.17. The molecule has 80 valence electrons. The second-order valence-electron chi connectivity index (χ2n) is 4.67. The first-order valence-electron chi connectivity index (χ1n) is 5.68. The van der Waals surface area contributed by atoms with Gasteiger partial charge in [-0.3, -0.25) is 9.69 Å². The summed E-state index contributed by atoms with van der Waals surface area (Å²) < 4.78 is 0. The van der Waals surface area contributed by atoms with Crippen molar-refractivity contribution in [2.45, 2.75) is 51.1 Å². The number of nitrogens with zero attached hydrogens (tertiary/aromatic N) is 1. The average molecular weight is 197 g/mol. The summed E-state index contributed by atoms with van der Waals surface area (Å²) in [5.41, 5.74) is 0. The third kappa shape index (κ3) is 1.92. The number of rotatable bonds is 3. The molecule has 0 radical (unpaired) electrons. The third-order valence-corrected chi connectivity index (χ3v) is 3.66. The van der Waals surface area contributed by atoms with E-state index in [-0.39, 0.29) is 6.04 Å². The van der Waals surface area contributed by atoms with Crippen LogP contribution in [0.3, 0.4) is 0 Å². The fraction of sp³-hybridized carbons (Fsp3) is 0.909. The van der Waals surface area contributed by atoms with Gasteiger partial charge in [0, 0.05) is 6.04 Å². The lowest BCUT2D eigenvalue weighted by atomic mass is 9.99. The highest BCUT2D eigenvalue weighted by molar-refractivity contribution is 5.73. The normalized spacial score (nSPS) is 31.4. The number of hydrogen-bond acceptors (Lipinski definition) is 2. The summed E-state index contributed by atoms with van der Waals surface area (Å²) in [4.78, 5) is 13.3. The molecule has 1 saturated heterocycles. The first kappa shape index (κ1) is 9.97. The Labute approximate surface area is 85.1 Å². The van der Waals surface area contributed by atoms with Crippen molar-refractivity contribution in [3.8, 4) is 0 Å². The molecule has 1 saturated carbocycles. The van der Waals surface area contributed by atoms with Crippen LogP contribution in [-0.4, -0.2) is 34.6 Å². The Kier molecular flexibility index (Phi) is 2.77. The Hall–Kier alpha value is -0.570. The molecule has 0 aromatic carbocycles. The van der Waals surface area contributed by atoms with Crippen LogP contribution in [0.15, 0.2) is 0 Å². The first-order valence-corrected chi connectivity index (χ1v) is 5.68. The van der Waals surface area contributed by atoms with Crippen LogP contribution in [0.5, 0.6) is 0 Å². The number of piperidine rings is 1. The number of aliphatic carboxylic acids is 1. The molecule has 2 rings (SSSR count). The molecule has 1 heterocycles. The maximum absolute atomic E-state index is 11.1. The van der Waals surface area contributed by atoms with Crippen LogP contribution in [-0.2, 0) is 4.79 Å². The monoisotopic (exact) mass is 197 g/mol. The smallest absolute Gasteiger partial charge is 0.320 e. The van der Waals surface area contributed by atoms with Crippen LogP contribution in [0.2, 0.25) is 0 Å². The van der Waals surface area contributed by atoms with Gasteiger partial charge in [-0.15, -0.1) is 0 Å². The van der Waals surface area contributed by atoms with Crippen LogP contribution in [0.4, 0.5) is 0 Å². The quantitative estimate of drug-likeness (QED) is 0.749. The Bertz CT molecular complexity index is 225. The van der Waals surface area contributed by atoms with Gasteiger partial charge >= 0.3 is 5.97 Å². The van der Waals surface area contributed by atoms with Gasteiger partial charge in [-0.1, -0.05) is 6.42 Å². The van der Waals surface area contributed by atoms with Crippen molar-refractivity contribution in [1.82, 2.24) is 4.90 Å². The van der Waals surface area contributed by atoms with Crippen molar-refractivity contribution < 1.29 is 9.90 Å². The molecule has 0 spiro atoms. The molecule has 0 bridgehead atoms. The van der Waals surface area contributed by atoms with Crippen molar-refractivity contribution in [2.75, 3.05) is 6.54 Å². The molecule has 2 atom stereocenters. The van der Waals surface area contributed by atoms with Crippen molar-refractivity contribution >= 4 is 5.97 Å². The van der Waals surface area contributed by atoms with E-state index in [1.807, 2.05) is 0 Å². The molecule has 1 N–H and O–H groups in total. The lowest BCUT2D eigenvalue weighted by Gasteiger charge is -2.37. The minimum Gasteiger partial charge on any atom is -0.480 e. The van der Waals surface area contributed by atoms with Crippen LogP contribution < -0.4 is 0 Å². The largest absolute Gasteiger partial charge is 0.480 e.